The van der Waals surface area contributed by atoms with Crippen LogP contribution in [0.1, 0.15) is 64.0 Å². The van der Waals surface area contributed by atoms with E-state index in [0.717, 1.165) is 57.4 Å². The van der Waals surface area contributed by atoms with E-state index < -0.39 is 11.1 Å². The number of carbonyl (C=O) groups is 2. The lowest BCUT2D eigenvalue weighted by Gasteiger charge is -2.41. The van der Waals surface area contributed by atoms with E-state index in [1.54, 1.807) is 24.4 Å². The molecule has 0 spiro atoms. The number of fused-ring (bicyclic) bond motifs is 1. The van der Waals surface area contributed by atoms with Gasteiger partial charge in [0.05, 0.1) is 5.52 Å². The second-order valence-corrected chi connectivity index (χ2v) is 14.6. The zero-order chi connectivity index (χ0) is 37.8. The third-order valence-electron chi connectivity index (χ3n) is 11.0. The summed E-state index contributed by atoms with van der Waals surface area (Å²) in [5.41, 5.74) is 5.95. The van der Waals surface area contributed by atoms with E-state index in [1.165, 1.54) is 6.07 Å². The van der Waals surface area contributed by atoms with Gasteiger partial charge in [0.25, 0.3) is 5.91 Å². The Bertz CT molecular complexity index is 2350. The summed E-state index contributed by atoms with van der Waals surface area (Å²) in [6.45, 7) is 1.96. The molecule has 7 aromatic rings. The molecule has 274 valence electrons. The largest absolute Gasteiger partial charge is 0.353 e. The maximum atomic E-state index is 14.8. The molecular weight excluding hydrogens is 686 g/mol. The van der Waals surface area contributed by atoms with Crippen molar-refractivity contribution < 1.29 is 14.0 Å². The minimum Gasteiger partial charge on any atom is -0.353 e. The molecular formula is C47H42FN5O2. The van der Waals surface area contributed by atoms with Gasteiger partial charge in [0, 0.05) is 40.0 Å². The number of pyridine rings is 1. The molecule has 2 N–H and O–H groups in total. The maximum absolute atomic E-state index is 14.8. The molecule has 1 saturated carbocycles. The van der Waals surface area contributed by atoms with E-state index in [-0.39, 0.29) is 17.8 Å². The number of aromatic nitrogens is 3. The highest BCUT2D eigenvalue weighted by atomic mass is 19.1. The fourth-order valence-electron chi connectivity index (χ4n) is 8.55. The van der Waals surface area contributed by atoms with Gasteiger partial charge in [0.1, 0.15) is 17.1 Å². The highest BCUT2D eigenvalue weighted by molar-refractivity contribution is 6.02. The Morgan fingerprint density at radius 2 is 1.49 bits per heavy atom. The Labute approximate surface area is 320 Å². The zero-order valence-corrected chi connectivity index (χ0v) is 30.7. The van der Waals surface area contributed by atoms with Crippen LogP contribution < -0.4 is 10.6 Å². The molecule has 8 heteroatoms. The SMILES string of the molecule is Cc1cc(-c2nn(C(c3ccccc3)(c3ccccc3)c3ccccc3)c3ccc(C(=O)NC4CCCC(Cc5ccccc5F)(NC=O)C4)cc23)ccn1. The molecule has 2 atom stereocenters. The van der Waals surface area contributed by atoms with Crippen LogP contribution in [0.2, 0.25) is 0 Å². The van der Waals surface area contributed by atoms with E-state index >= 15 is 0 Å². The highest BCUT2D eigenvalue weighted by Gasteiger charge is 2.41. The van der Waals surface area contributed by atoms with Gasteiger partial charge in [-0.15, -0.1) is 0 Å². The summed E-state index contributed by atoms with van der Waals surface area (Å²) in [5, 5.41) is 12.6. The average molecular weight is 728 g/mol. The molecule has 1 aliphatic carbocycles. The van der Waals surface area contributed by atoms with Crippen molar-refractivity contribution in [3.05, 3.63) is 191 Å². The topological polar surface area (TPSA) is 88.9 Å². The predicted octanol–water partition coefficient (Wildman–Crippen LogP) is 8.79. The molecule has 2 unspecified atom stereocenters. The van der Waals surface area contributed by atoms with Gasteiger partial charge < -0.3 is 10.6 Å². The van der Waals surface area contributed by atoms with Crippen molar-refractivity contribution >= 4 is 23.2 Å². The monoisotopic (exact) mass is 727 g/mol. The van der Waals surface area contributed by atoms with Gasteiger partial charge in [0.15, 0.2) is 0 Å². The van der Waals surface area contributed by atoms with Gasteiger partial charge in [-0.1, -0.05) is 109 Å². The summed E-state index contributed by atoms with van der Waals surface area (Å²) < 4.78 is 16.9. The van der Waals surface area contributed by atoms with Crippen LogP contribution in [0.15, 0.2) is 152 Å². The number of amides is 2. The number of hydrogen-bond acceptors (Lipinski definition) is 4. The van der Waals surface area contributed by atoms with Gasteiger partial charge in [-0.05, 0) is 97.7 Å². The number of hydrogen-bond donors (Lipinski definition) is 2. The first-order valence-electron chi connectivity index (χ1n) is 18.8. The van der Waals surface area contributed by atoms with E-state index in [1.807, 2.05) is 55.5 Å². The standard InChI is InChI=1S/C47H42FN5O2/c1-33-28-34(25-27-49-33)44-41-29-35(45(55)51-40-21-13-26-46(31-40,50-32-54)30-36-14-11-12-22-42(36)48)23-24-43(41)53(52-44)47(37-15-5-2-6-16-37,38-17-7-3-8-18-38)39-19-9-4-10-20-39/h2-12,14-20,22-25,27-29,32,40H,13,21,26,30-31H2,1H3,(H,50,54)(H,51,55). The lowest BCUT2D eigenvalue weighted by Crippen LogP contribution is -2.54. The van der Waals surface area contributed by atoms with Gasteiger partial charge in [-0.3, -0.25) is 14.6 Å². The van der Waals surface area contributed by atoms with E-state index in [4.69, 9.17) is 5.10 Å². The summed E-state index contributed by atoms with van der Waals surface area (Å²) in [6.07, 6.45) is 5.53. The predicted molar refractivity (Wildman–Crippen MR) is 214 cm³/mol. The van der Waals surface area contributed by atoms with Crippen LogP contribution >= 0.6 is 0 Å². The van der Waals surface area contributed by atoms with Gasteiger partial charge in [-0.25, -0.2) is 9.07 Å². The third-order valence-corrected chi connectivity index (χ3v) is 11.0. The Kier molecular flexibility index (Phi) is 9.81. The van der Waals surface area contributed by atoms with Crippen LogP contribution in [0.3, 0.4) is 0 Å². The molecule has 7 nitrogen and oxygen atoms in total. The second kappa shape index (κ2) is 15.1. The molecule has 1 fully saturated rings. The van der Waals surface area contributed by atoms with Crippen LogP contribution in [0.25, 0.3) is 22.2 Å². The molecule has 1 aliphatic rings. The van der Waals surface area contributed by atoms with Gasteiger partial charge in [0.2, 0.25) is 6.41 Å². The summed E-state index contributed by atoms with van der Waals surface area (Å²) in [4.78, 5) is 30.5. The number of halogens is 1. The molecule has 2 amide bonds. The Hall–Kier alpha value is -6.41. The van der Waals surface area contributed by atoms with Crippen molar-refractivity contribution in [2.75, 3.05) is 0 Å². The normalized spacial score (nSPS) is 17.1. The molecule has 0 radical (unpaired) electrons. The highest BCUT2D eigenvalue weighted by Crippen LogP contribution is 2.44. The lowest BCUT2D eigenvalue weighted by atomic mass is 9.75. The van der Waals surface area contributed by atoms with Crippen LogP contribution in [0, 0.1) is 12.7 Å². The maximum Gasteiger partial charge on any atom is 0.251 e. The fourth-order valence-corrected chi connectivity index (χ4v) is 8.55. The number of rotatable bonds is 11. The number of aryl methyl sites for hydroxylation is 1. The zero-order valence-electron chi connectivity index (χ0n) is 30.7. The van der Waals surface area contributed by atoms with Crippen LogP contribution in [0.5, 0.6) is 0 Å². The van der Waals surface area contributed by atoms with Crippen molar-refractivity contribution in [3.63, 3.8) is 0 Å². The number of nitrogens with one attached hydrogen (secondary N) is 2. The molecule has 0 bridgehead atoms. The molecule has 0 aliphatic heterocycles. The number of nitrogens with zero attached hydrogens (tertiary/aromatic N) is 3. The summed E-state index contributed by atoms with van der Waals surface area (Å²) >= 11 is 0. The first kappa shape index (κ1) is 35.6. The van der Waals surface area contributed by atoms with Gasteiger partial charge in [-0.2, -0.15) is 5.10 Å². The number of carbonyl (C=O) groups excluding carboxylic acids is 2. The summed E-state index contributed by atoms with van der Waals surface area (Å²) in [6, 6.07) is 47.4. The van der Waals surface area contributed by atoms with Crippen molar-refractivity contribution in [2.24, 2.45) is 0 Å². The van der Waals surface area contributed by atoms with E-state index in [0.29, 0.717) is 36.8 Å². The minimum absolute atomic E-state index is 0.218. The second-order valence-electron chi connectivity index (χ2n) is 14.6. The lowest BCUT2D eigenvalue weighted by molar-refractivity contribution is -0.111. The van der Waals surface area contributed by atoms with Crippen molar-refractivity contribution in [2.45, 2.75) is 56.1 Å². The van der Waals surface area contributed by atoms with Crippen LogP contribution in [-0.4, -0.2) is 38.7 Å². The fraction of sp³-hybridized carbons (Fsp3) is 0.191. The Morgan fingerprint density at radius 3 is 2.11 bits per heavy atom. The molecule has 5 aromatic carbocycles. The van der Waals surface area contributed by atoms with Crippen LogP contribution in [-0.2, 0) is 16.8 Å². The molecule has 2 heterocycles. The van der Waals surface area contributed by atoms with E-state index in [2.05, 4.69) is 93.1 Å². The van der Waals surface area contributed by atoms with E-state index in [9.17, 15) is 14.0 Å². The van der Waals surface area contributed by atoms with Crippen LogP contribution in [0.4, 0.5) is 4.39 Å². The summed E-state index contributed by atoms with van der Waals surface area (Å²) in [5.74, 6) is -0.518. The van der Waals surface area contributed by atoms with Crippen molar-refractivity contribution in [3.8, 4) is 11.3 Å². The van der Waals surface area contributed by atoms with Gasteiger partial charge >= 0.3 is 0 Å². The molecule has 0 saturated heterocycles. The number of benzene rings is 5. The smallest absolute Gasteiger partial charge is 0.251 e. The molecule has 8 rings (SSSR count). The first-order chi connectivity index (χ1) is 26.9. The first-order valence-corrected chi connectivity index (χ1v) is 18.8. The Balaban J connectivity index is 1.24. The van der Waals surface area contributed by atoms with Crippen molar-refractivity contribution in [1.29, 1.82) is 0 Å². The van der Waals surface area contributed by atoms with Crippen molar-refractivity contribution in [1.82, 2.24) is 25.4 Å². The quantitative estimate of drug-likeness (QED) is 0.103. The molecule has 2 aromatic heterocycles. The molecule has 55 heavy (non-hydrogen) atoms. The average Bonchev–Trinajstić information content (AvgIpc) is 3.60. The minimum atomic E-state index is -0.874. The Morgan fingerprint density at radius 1 is 0.855 bits per heavy atom. The third kappa shape index (κ3) is 6.80. The summed E-state index contributed by atoms with van der Waals surface area (Å²) in [7, 11) is 0.